The fourth-order valence-corrected chi connectivity index (χ4v) is 2.27. The van der Waals surface area contributed by atoms with E-state index >= 15 is 0 Å². The number of ether oxygens (including phenoxy) is 1. The molecular weight excluding hydrogens is 290 g/mol. The Hall–Kier alpha value is -1.43. The third-order valence-corrected chi connectivity index (χ3v) is 3.39. The Morgan fingerprint density at radius 2 is 2.15 bits per heavy atom. The molecule has 1 aromatic heterocycles. The van der Waals surface area contributed by atoms with Crippen molar-refractivity contribution in [1.82, 2.24) is 4.98 Å². The summed E-state index contributed by atoms with van der Waals surface area (Å²) in [5, 5.41) is 0.213. The van der Waals surface area contributed by atoms with Gasteiger partial charge in [0.1, 0.15) is 10.7 Å². The van der Waals surface area contributed by atoms with Crippen LogP contribution in [0.5, 0.6) is 0 Å². The van der Waals surface area contributed by atoms with E-state index in [9.17, 15) is 13.6 Å². The summed E-state index contributed by atoms with van der Waals surface area (Å²) < 4.78 is 31.3. The zero-order chi connectivity index (χ0) is 14.8. The normalized spacial score (nSPS) is 17.9. The van der Waals surface area contributed by atoms with Crippen molar-refractivity contribution in [1.29, 1.82) is 0 Å². The number of nitrogens with zero attached hydrogens (tertiary/aromatic N) is 2. The largest absolute Gasteiger partial charge is 0.462 e. The standard InChI is InChI=1S/C13H15ClF2N2O2/c1-2-20-12(19)9-8-17-11(14)7-10(9)18-5-3-13(15,16)4-6-18/h7-8H,2-6H2,1H3. The number of rotatable bonds is 3. The predicted octanol–water partition coefficient (Wildman–Crippen LogP) is 3.15. The van der Waals surface area contributed by atoms with Gasteiger partial charge in [0.2, 0.25) is 0 Å². The second-order valence-electron chi connectivity index (χ2n) is 4.59. The van der Waals surface area contributed by atoms with Crippen LogP contribution in [0.3, 0.4) is 0 Å². The van der Waals surface area contributed by atoms with Crippen LogP contribution in [0.4, 0.5) is 14.5 Å². The summed E-state index contributed by atoms with van der Waals surface area (Å²) in [5.74, 6) is -3.17. The maximum absolute atomic E-state index is 13.2. The Bertz CT molecular complexity index is 501. The first kappa shape index (κ1) is 15.0. The van der Waals surface area contributed by atoms with Gasteiger partial charge in [-0.3, -0.25) is 0 Å². The van der Waals surface area contributed by atoms with Crippen LogP contribution in [0, 0.1) is 0 Å². The van der Waals surface area contributed by atoms with Crippen molar-refractivity contribution in [3.63, 3.8) is 0 Å². The minimum Gasteiger partial charge on any atom is -0.462 e. The summed E-state index contributed by atoms with van der Waals surface area (Å²) in [6.45, 7) is 2.26. The van der Waals surface area contributed by atoms with E-state index in [-0.39, 0.29) is 43.3 Å². The van der Waals surface area contributed by atoms with Gasteiger partial charge in [0.05, 0.1) is 12.3 Å². The maximum Gasteiger partial charge on any atom is 0.341 e. The van der Waals surface area contributed by atoms with E-state index in [0.717, 1.165) is 0 Å². The lowest BCUT2D eigenvalue weighted by molar-refractivity contribution is -0.0220. The molecule has 1 fully saturated rings. The summed E-state index contributed by atoms with van der Waals surface area (Å²) in [7, 11) is 0. The average molecular weight is 305 g/mol. The molecule has 1 aromatic rings. The number of alkyl halides is 2. The first-order valence-corrected chi connectivity index (χ1v) is 6.76. The van der Waals surface area contributed by atoms with Gasteiger partial charge in [0, 0.05) is 32.1 Å². The van der Waals surface area contributed by atoms with Gasteiger partial charge in [-0.05, 0) is 13.0 Å². The van der Waals surface area contributed by atoms with Gasteiger partial charge < -0.3 is 9.64 Å². The van der Waals surface area contributed by atoms with Crippen LogP contribution in [0.1, 0.15) is 30.1 Å². The van der Waals surface area contributed by atoms with Crippen molar-refractivity contribution in [3.05, 3.63) is 23.0 Å². The number of carbonyl (C=O) groups excluding carboxylic acids is 1. The number of anilines is 1. The summed E-state index contributed by atoms with van der Waals surface area (Å²) in [5.41, 5.74) is 0.750. The molecule has 2 rings (SSSR count). The second kappa shape index (κ2) is 5.91. The molecule has 0 amide bonds. The zero-order valence-electron chi connectivity index (χ0n) is 11.0. The Morgan fingerprint density at radius 1 is 1.50 bits per heavy atom. The van der Waals surface area contributed by atoms with Gasteiger partial charge in [-0.15, -0.1) is 0 Å². The highest BCUT2D eigenvalue weighted by molar-refractivity contribution is 6.29. The summed E-state index contributed by atoms with van der Waals surface area (Å²) in [4.78, 5) is 17.4. The molecule has 0 aromatic carbocycles. The number of aromatic nitrogens is 1. The quantitative estimate of drug-likeness (QED) is 0.635. The lowest BCUT2D eigenvalue weighted by Gasteiger charge is -2.34. The number of esters is 1. The molecule has 0 unspecified atom stereocenters. The molecule has 0 aliphatic carbocycles. The van der Waals surface area contributed by atoms with Gasteiger partial charge >= 0.3 is 5.97 Å². The van der Waals surface area contributed by atoms with Crippen LogP contribution in [0.15, 0.2) is 12.3 Å². The first-order chi connectivity index (χ1) is 9.43. The van der Waals surface area contributed by atoms with Gasteiger partial charge in [0.25, 0.3) is 5.92 Å². The molecule has 1 aliphatic rings. The highest BCUT2D eigenvalue weighted by Gasteiger charge is 2.35. The monoisotopic (exact) mass is 304 g/mol. The molecule has 1 saturated heterocycles. The van der Waals surface area contributed by atoms with E-state index in [2.05, 4.69) is 4.98 Å². The van der Waals surface area contributed by atoms with Crippen LogP contribution < -0.4 is 4.90 Å². The van der Waals surface area contributed by atoms with Crippen molar-refractivity contribution in [2.75, 3.05) is 24.6 Å². The van der Waals surface area contributed by atoms with Crippen molar-refractivity contribution in [3.8, 4) is 0 Å². The number of carbonyl (C=O) groups is 1. The molecule has 0 radical (unpaired) electrons. The maximum atomic E-state index is 13.2. The van der Waals surface area contributed by atoms with Crippen molar-refractivity contribution in [2.45, 2.75) is 25.7 Å². The first-order valence-electron chi connectivity index (χ1n) is 6.38. The molecule has 0 N–H and O–H groups in total. The summed E-state index contributed by atoms with van der Waals surface area (Å²) >= 11 is 5.84. The third-order valence-electron chi connectivity index (χ3n) is 3.18. The molecule has 0 bridgehead atoms. The fraction of sp³-hybridized carbons (Fsp3) is 0.538. The van der Waals surface area contributed by atoms with E-state index in [1.54, 1.807) is 11.8 Å². The van der Waals surface area contributed by atoms with E-state index in [1.807, 2.05) is 0 Å². The number of halogens is 3. The SMILES string of the molecule is CCOC(=O)c1cnc(Cl)cc1N1CCC(F)(F)CC1. The molecular formula is C13H15ClF2N2O2. The molecule has 7 heteroatoms. The van der Waals surface area contributed by atoms with Crippen LogP contribution in [0.25, 0.3) is 0 Å². The van der Waals surface area contributed by atoms with Crippen molar-refractivity contribution < 1.29 is 18.3 Å². The van der Waals surface area contributed by atoms with Gasteiger partial charge in [-0.25, -0.2) is 18.6 Å². The number of hydrogen-bond acceptors (Lipinski definition) is 4. The predicted molar refractivity (Wildman–Crippen MR) is 71.6 cm³/mol. The Labute approximate surface area is 120 Å². The fourth-order valence-electron chi connectivity index (χ4n) is 2.12. The van der Waals surface area contributed by atoms with Gasteiger partial charge in [-0.1, -0.05) is 11.6 Å². The lowest BCUT2D eigenvalue weighted by atomic mass is 10.1. The Balaban J connectivity index is 2.26. The highest BCUT2D eigenvalue weighted by Crippen LogP contribution is 2.32. The summed E-state index contributed by atoms with van der Waals surface area (Å²) in [6.07, 6.45) is 0.840. The second-order valence-corrected chi connectivity index (χ2v) is 4.97. The van der Waals surface area contributed by atoms with Crippen molar-refractivity contribution >= 4 is 23.3 Å². The molecule has 0 spiro atoms. The van der Waals surface area contributed by atoms with E-state index in [4.69, 9.17) is 16.3 Å². The van der Waals surface area contributed by atoms with Gasteiger partial charge in [0.15, 0.2) is 0 Å². The molecule has 2 heterocycles. The highest BCUT2D eigenvalue weighted by atomic mass is 35.5. The molecule has 0 saturated carbocycles. The average Bonchev–Trinajstić information content (AvgIpc) is 2.38. The number of hydrogen-bond donors (Lipinski definition) is 0. The summed E-state index contributed by atoms with van der Waals surface area (Å²) in [6, 6.07) is 1.51. The smallest absolute Gasteiger partial charge is 0.341 e. The number of piperidine rings is 1. The topological polar surface area (TPSA) is 42.4 Å². The molecule has 4 nitrogen and oxygen atoms in total. The van der Waals surface area contributed by atoms with E-state index < -0.39 is 11.9 Å². The zero-order valence-corrected chi connectivity index (χ0v) is 11.8. The molecule has 1 aliphatic heterocycles. The van der Waals surface area contributed by atoms with Crippen LogP contribution >= 0.6 is 11.6 Å². The Kier molecular flexibility index (Phi) is 4.42. The minimum atomic E-state index is -2.64. The Morgan fingerprint density at radius 3 is 2.75 bits per heavy atom. The molecule has 110 valence electrons. The third kappa shape index (κ3) is 3.36. The van der Waals surface area contributed by atoms with Gasteiger partial charge in [-0.2, -0.15) is 0 Å². The van der Waals surface area contributed by atoms with E-state index in [1.165, 1.54) is 12.3 Å². The number of pyridine rings is 1. The van der Waals surface area contributed by atoms with Crippen LogP contribution in [-0.2, 0) is 4.74 Å². The molecule has 0 atom stereocenters. The van der Waals surface area contributed by atoms with Crippen molar-refractivity contribution in [2.24, 2.45) is 0 Å². The molecule has 20 heavy (non-hydrogen) atoms. The van der Waals surface area contributed by atoms with Crippen LogP contribution in [0.2, 0.25) is 5.15 Å². The van der Waals surface area contributed by atoms with E-state index in [0.29, 0.717) is 5.69 Å². The minimum absolute atomic E-state index is 0.166. The lowest BCUT2D eigenvalue weighted by Crippen LogP contribution is -2.40. The van der Waals surface area contributed by atoms with Crippen LogP contribution in [-0.4, -0.2) is 36.6 Å².